The number of aromatic nitrogens is 3. The normalized spacial score (nSPS) is 10.5. The Labute approximate surface area is 141 Å². The first-order valence-electron chi connectivity index (χ1n) is 6.91. The molecule has 0 saturated heterocycles. The Morgan fingerprint density at radius 2 is 2.04 bits per heavy atom. The van der Waals surface area contributed by atoms with Gasteiger partial charge in [-0.05, 0) is 31.2 Å². The van der Waals surface area contributed by atoms with Crippen LogP contribution in [-0.2, 0) is 11.2 Å². The van der Waals surface area contributed by atoms with Crippen LogP contribution in [0.3, 0.4) is 0 Å². The zero-order chi connectivity index (χ0) is 16.2. The molecule has 0 spiro atoms. The predicted molar refractivity (Wildman–Crippen MR) is 88.7 cm³/mol. The van der Waals surface area contributed by atoms with Crippen molar-refractivity contribution < 1.29 is 9.21 Å². The lowest BCUT2D eigenvalue weighted by atomic mass is 10.2. The molecule has 0 bridgehead atoms. The van der Waals surface area contributed by atoms with Crippen molar-refractivity contribution >= 4 is 27.8 Å². The van der Waals surface area contributed by atoms with Gasteiger partial charge in [0.05, 0.1) is 12.1 Å². The zero-order valence-corrected chi connectivity index (χ0v) is 13.9. The number of carbonyl (C=O) groups is 1. The topological polar surface area (TPSA) is 80.9 Å². The van der Waals surface area contributed by atoms with Crippen LogP contribution in [0.2, 0.25) is 0 Å². The lowest BCUT2D eigenvalue weighted by Gasteiger charge is -2.01. The number of carbonyl (C=O) groups excluding carboxylic acids is 1. The molecule has 0 atom stereocenters. The Balaban J connectivity index is 1.75. The highest BCUT2D eigenvalue weighted by molar-refractivity contribution is 9.10. The van der Waals surface area contributed by atoms with Crippen molar-refractivity contribution in [1.29, 1.82) is 0 Å². The summed E-state index contributed by atoms with van der Waals surface area (Å²) < 4.78 is 6.60. The summed E-state index contributed by atoms with van der Waals surface area (Å²) in [7, 11) is 0. The van der Waals surface area contributed by atoms with E-state index in [4.69, 9.17) is 4.42 Å². The zero-order valence-electron chi connectivity index (χ0n) is 12.3. The summed E-state index contributed by atoms with van der Waals surface area (Å²) in [6, 6.07) is 9.32. The molecule has 0 aliphatic rings. The van der Waals surface area contributed by atoms with E-state index in [9.17, 15) is 4.79 Å². The second-order valence-corrected chi connectivity index (χ2v) is 5.75. The van der Waals surface area contributed by atoms with Crippen molar-refractivity contribution in [2.24, 2.45) is 0 Å². The van der Waals surface area contributed by atoms with E-state index < -0.39 is 0 Å². The Morgan fingerprint density at radius 1 is 1.26 bits per heavy atom. The number of amides is 1. The molecule has 0 aliphatic heterocycles. The van der Waals surface area contributed by atoms with Gasteiger partial charge in [-0.15, -0.1) is 0 Å². The Morgan fingerprint density at radius 3 is 2.78 bits per heavy atom. The number of anilines is 1. The van der Waals surface area contributed by atoms with Gasteiger partial charge in [0.1, 0.15) is 5.76 Å². The largest absolute Gasteiger partial charge is 0.441 e. The molecule has 2 aromatic heterocycles. The monoisotopic (exact) mass is 372 g/mol. The van der Waals surface area contributed by atoms with E-state index in [0.717, 1.165) is 10.0 Å². The van der Waals surface area contributed by atoms with Crippen molar-refractivity contribution in [3.63, 3.8) is 0 Å². The SMILES string of the molecule is Cc1oc(-c2cccc(Br)c2)nc1CC(=O)Nc1ncccn1. The molecule has 23 heavy (non-hydrogen) atoms. The third-order valence-corrected chi connectivity index (χ3v) is 3.60. The number of nitrogens with one attached hydrogen (secondary N) is 1. The van der Waals surface area contributed by atoms with Crippen molar-refractivity contribution in [3.05, 3.63) is 58.7 Å². The molecule has 0 radical (unpaired) electrons. The van der Waals surface area contributed by atoms with E-state index in [-0.39, 0.29) is 18.3 Å². The highest BCUT2D eigenvalue weighted by Crippen LogP contribution is 2.24. The van der Waals surface area contributed by atoms with Gasteiger partial charge in [0.2, 0.25) is 17.7 Å². The summed E-state index contributed by atoms with van der Waals surface area (Å²) in [6.45, 7) is 1.79. The number of rotatable bonds is 4. The molecule has 6 nitrogen and oxygen atoms in total. The summed E-state index contributed by atoms with van der Waals surface area (Å²) in [5, 5.41) is 2.63. The van der Waals surface area contributed by atoms with Crippen LogP contribution in [-0.4, -0.2) is 20.9 Å². The molecule has 0 fully saturated rings. The second kappa shape index (κ2) is 6.70. The quantitative estimate of drug-likeness (QED) is 0.758. The van der Waals surface area contributed by atoms with Crippen LogP contribution in [0.25, 0.3) is 11.5 Å². The highest BCUT2D eigenvalue weighted by Gasteiger charge is 2.15. The van der Waals surface area contributed by atoms with E-state index in [1.165, 1.54) is 0 Å². The van der Waals surface area contributed by atoms with Gasteiger partial charge >= 0.3 is 0 Å². The Kier molecular flexibility index (Phi) is 4.47. The van der Waals surface area contributed by atoms with Gasteiger partial charge in [-0.2, -0.15) is 0 Å². The van der Waals surface area contributed by atoms with Crippen molar-refractivity contribution in [1.82, 2.24) is 15.0 Å². The minimum absolute atomic E-state index is 0.0988. The lowest BCUT2D eigenvalue weighted by molar-refractivity contribution is -0.115. The molecule has 116 valence electrons. The number of benzene rings is 1. The third-order valence-electron chi connectivity index (χ3n) is 3.11. The number of oxazole rings is 1. The van der Waals surface area contributed by atoms with Gasteiger partial charge < -0.3 is 4.42 Å². The summed E-state index contributed by atoms with van der Waals surface area (Å²) in [5.74, 6) is 1.13. The van der Waals surface area contributed by atoms with Crippen LogP contribution in [0.4, 0.5) is 5.95 Å². The van der Waals surface area contributed by atoms with Gasteiger partial charge in [0.15, 0.2) is 0 Å². The number of halogens is 1. The van der Waals surface area contributed by atoms with Gasteiger partial charge in [0, 0.05) is 22.4 Å². The fourth-order valence-corrected chi connectivity index (χ4v) is 2.42. The highest BCUT2D eigenvalue weighted by atomic mass is 79.9. The number of aryl methyl sites for hydroxylation is 1. The molecule has 2 heterocycles. The van der Waals surface area contributed by atoms with Crippen LogP contribution in [0.5, 0.6) is 0 Å². The summed E-state index contributed by atoms with van der Waals surface area (Å²) in [6.07, 6.45) is 3.23. The maximum absolute atomic E-state index is 12.1. The van der Waals surface area contributed by atoms with Gasteiger partial charge in [-0.3, -0.25) is 10.1 Å². The van der Waals surface area contributed by atoms with Crippen LogP contribution < -0.4 is 5.32 Å². The van der Waals surface area contributed by atoms with E-state index in [1.807, 2.05) is 24.3 Å². The van der Waals surface area contributed by atoms with Gasteiger partial charge in [-0.25, -0.2) is 15.0 Å². The Hall–Kier alpha value is -2.54. The van der Waals surface area contributed by atoms with Gasteiger partial charge in [-0.1, -0.05) is 22.0 Å². The molecular weight excluding hydrogens is 360 g/mol. The van der Waals surface area contributed by atoms with Crippen LogP contribution in [0.15, 0.2) is 51.6 Å². The first-order chi connectivity index (χ1) is 11.1. The van der Waals surface area contributed by atoms with E-state index in [1.54, 1.807) is 25.4 Å². The van der Waals surface area contributed by atoms with Crippen molar-refractivity contribution in [2.75, 3.05) is 5.32 Å². The molecule has 7 heteroatoms. The molecule has 3 rings (SSSR count). The fraction of sp³-hybridized carbons (Fsp3) is 0.125. The summed E-state index contributed by atoms with van der Waals surface area (Å²) in [4.78, 5) is 24.4. The summed E-state index contributed by atoms with van der Waals surface area (Å²) >= 11 is 3.41. The number of hydrogen-bond donors (Lipinski definition) is 1. The molecule has 0 saturated carbocycles. The molecule has 1 aromatic carbocycles. The minimum Gasteiger partial charge on any atom is -0.441 e. The molecule has 1 N–H and O–H groups in total. The predicted octanol–water partition coefficient (Wildman–Crippen LogP) is 3.38. The van der Waals surface area contributed by atoms with E-state index in [0.29, 0.717) is 17.3 Å². The smallest absolute Gasteiger partial charge is 0.232 e. The molecular formula is C16H13BrN4O2. The van der Waals surface area contributed by atoms with E-state index in [2.05, 4.69) is 36.2 Å². The van der Waals surface area contributed by atoms with Crippen LogP contribution in [0, 0.1) is 6.92 Å². The third kappa shape index (κ3) is 3.81. The minimum atomic E-state index is -0.242. The van der Waals surface area contributed by atoms with Crippen molar-refractivity contribution in [3.8, 4) is 11.5 Å². The van der Waals surface area contributed by atoms with Crippen LogP contribution >= 0.6 is 15.9 Å². The van der Waals surface area contributed by atoms with Crippen LogP contribution in [0.1, 0.15) is 11.5 Å². The standard InChI is InChI=1S/C16H13BrN4O2/c1-10-13(9-14(22)21-16-18-6-3-7-19-16)20-15(23-10)11-4-2-5-12(17)8-11/h2-8H,9H2,1H3,(H,18,19,21,22). The molecule has 0 aliphatic carbocycles. The van der Waals surface area contributed by atoms with E-state index >= 15 is 0 Å². The number of hydrogen-bond acceptors (Lipinski definition) is 5. The average Bonchev–Trinajstić information content (AvgIpc) is 2.89. The second-order valence-electron chi connectivity index (χ2n) is 4.83. The summed E-state index contributed by atoms with van der Waals surface area (Å²) in [5.41, 5.74) is 1.44. The number of nitrogens with zero attached hydrogens (tertiary/aromatic N) is 3. The molecule has 3 aromatic rings. The van der Waals surface area contributed by atoms with Gasteiger partial charge in [0.25, 0.3) is 0 Å². The molecule has 0 unspecified atom stereocenters. The maximum atomic E-state index is 12.1. The first kappa shape index (κ1) is 15.4. The lowest BCUT2D eigenvalue weighted by Crippen LogP contribution is -2.16. The Bertz CT molecular complexity index is 833. The van der Waals surface area contributed by atoms with Crippen molar-refractivity contribution in [2.45, 2.75) is 13.3 Å². The molecule has 1 amide bonds. The fourth-order valence-electron chi connectivity index (χ4n) is 2.02. The average molecular weight is 373 g/mol. The first-order valence-corrected chi connectivity index (χ1v) is 7.70. The maximum Gasteiger partial charge on any atom is 0.232 e.